The number of aromatic carboxylic acids is 1. The van der Waals surface area contributed by atoms with Crippen LogP contribution in [0.2, 0.25) is 0 Å². The van der Waals surface area contributed by atoms with E-state index in [1.54, 1.807) is 12.1 Å². The first-order chi connectivity index (χ1) is 8.50. The maximum atomic E-state index is 10.8. The second-order valence-electron chi connectivity index (χ2n) is 3.76. The van der Waals surface area contributed by atoms with Crippen LogP contribution in [0.1, 0.15) is 29.3 Å². The summed E-state index contributed by atoms with van der Waals surface area (Å²) in [7, 11) is 0. The summed E-state index contributed by atoms with van der Waals surface area (Å²) in [6.45, 7) is 1.98. The second-order valence-corrected chi connectivity index (χ2v) is 3.76. The van der Waals surface area contributed by atoms with Gasteiger partial charge in [-0.15, -0.1) is 0 Å². The third kappa shape index (κ3) is 4.29. The summed E-state index contributed by atoms with van der Waals surface area (Å²) in [6.07, 6.45) is 4.23. The molecule has 1 aromatic rings. The van der Waals surface area contributed by atoms with E-state index in [9.17, 15) is 14.7 Å². The number of phenols is 1. The van der Waals surface area contributed by atoms with Crippen LogP contribution in [0.25, 0.3) is 6.08 Å². The highest BCUT2D eigenvalue weighted by Gasteiger charge is 2.08. The number of carbonyl (C=O) groups is 2. The van der Waals surface area contributed by atoms with Gasteiger partial charge in [0.05, 0.1) is 0 Å². The molecular weight excluding hydrogens is 234 g/mol. The van der Waals surface area contributed by atoms with Gasteiger partial charge in [-0.1, -0.05) is 18.2 Å². The van der Waals surface area contributed by atoms with Crippen LogP contribution in [0.3, 0.4) is 0 Å². The molecule has 1 aromatic carbocycles. The smallest absolute Gasteiger partial charge is 0.339 e. The minimum absolute atomic E-state index is 0.0822. The molecule has 0 saturated heterocycles. The van der Waals surface area contributed by atoms with Crippen molar-refractivity contribution in [3.63, 3.8) is 0 Å². The van der Waals surface area contributed by atoms with Crippen LogP contribution in [0.15, 0.2) is 24.3 Å². The van der Waals surface area contributed by atoms with Gasteiger partial charge in [0.25, 0.3) is 0 Å². The molecule has 96 valence electrons. The Morgan fingerprint density at radius 1 is 1.39 bits per heavy atom. The van der Waals surface area contributed by atoms with Gasteiger partial charge in [-0.25, -0.2) is 4.79 Å². The Morgan fingerprint density at radius 3 is 2.72 bits per heavy atom. The summed E-state index contributed by atoms with van der Waals surface area (Å²) in [4.78, 5) is 21.4. The van der Waals surface area contributed by atoms with Crippen molar-refractivity contribution in [3.8, 4) is 5.75 Å². The fourth-order valence-electron chi connectivity index (χ4n) is 1.38. The van der Waals surface area contributed by atoms with Gasteiger partial charge >= 0.3 is 5.97 Å². The highest BCUT2D eigenvalue weighted by Crippen LogP contribution is 2.19. The molecule has 0 atom stereocenters. The molecule has 5 nitrogen and oxygen atoms in total. The third-order valence-electron chi connectivity index (χ3n) is 2.25. The van der Waals surface area contributed by atoms with Crippen LogP contribution in [0, 0.1) is 0 Å². The third-order valence-corrected chi connectivity index (χ3v) is 2.25. The molecule has 0 heterocycles. The average Bonchev–Trinajstić information content (AvgIpc) is 2.30. The zero-order valence-electron chi connectivity index (χ0n) is 10.0. The molecule has 0 aromatic heterocycles. The lowest BCUT2D eigenvalue weighted by Crippen LogP contribution is -2.20. The van der Waals surface area contributed by atoms with Gasteiger partial charge in [0.1, 0.15) is 11.3 Å². The number of carbonyl (C=O) groups excluding carboxylic acids is 1. The number of hydrogen-bond acceptors (Lipinski definition) is 3. The van der Waals surface area contributed by atoms with E-state index in [0.717, 1.165) is 0 Å². The SMILES string of the molecule is CC(=O)NCCC=Cc1ccc(O)c(C(=O)O)c1. The normalized spacial score (nSPS) is 10.5. The highest BCUT2D eigenvalue weighted by atomic mass is 16.4. The van der Waals surface area contributed by atoms with E-state index in [2.05, 4.69) is 5.32 Å². The summed E-state index contributed by atoms with van der Waals surface area (Å²) in [5.41, 5.74) is 0.562. The Bertz CT molecular complexity index is 480. The Morgan fingerprint density at radius 2 is 2.11 bits per heavy atom. The summed E-state index contributed by atoms with van der Waals surface area (Å²) < 4.78 is 0. The predicted octanol–water partition coefficient (Wildman–Crippen LogP) is 1.63. The predicted molar refractivity (Wildman–Crippen MR) is 67.4 cm³/mol. The molecule has 0 bridgehead atoms. The van der Waals surface area contributed by atoms with Crippen LogP contribution < -0.4 is 5.32 Å². The number of nitrogens with one attached hydrogen (secondary N) is 1. The fourth-order valence-corrected chi connectivity index (χ4v) is 1.38. The van der Waals surface area contributed by atoms with Gasteiger partial charge in [0.2, 0.25) is 5.91 Å². The van der Waals surface area contributed by atoms with E-state index < -0.39 is 5.97 Å². The highest BCUT2D eigenvalue weighted by molar-refractivity contribution is 5.91. The number of carboxylic acid groups (broad SMARTS) is 1. The lowest BCUT2D eigenvalue weighted by molar-refractivity contribution is -0.118. The van der Waals surface area contributed by atoms with Crippen LogP contribution in [0.4, 0.5) is 0 Å². The lowest BCUT2D eigenvalue weighted by atomic mass is 10.1. The Kier molecular flexibility index (Phi) is 4.92. The molecule has 0 radical (unpaired) electrons. The van der Waals surface area contributed by atoms with Gasteiger partial charge < -0.3 is 15.5 Å². The zero-order valence-corrected chi connectivity index (χ0v) is 10.0. The van der Waals surface area contributed by atoms with Crippen molar-refractivity contribution in [2.75, 3.05) is 6.54 Å². The number of hydrogen-bond donors (Lipinski definition) is 3. The molecule has 0 aliphatic heterocycles. The standard InChI is InChI=1S/C13H15NO4/c1-9(15)14-7-3-2-4-10-5-6-12(16)11(8-10)13(17)18/h2,4-6,8,16H,3,7H2,1H3,(H,14,15)(H,17,18). The quantitative estimate of drug-likeness (QED) is 0.692. The van der Waals surface area contributed by atoms with E-state index in [0.29, 0.717) is 18.5 Å². The molecule has 0 aliphatic carbocycles. The summed E-state index contributed by atoms with van der Waals surface area (Å²) in [5.74, 6) is -1.50. The maximum Gasteiger partial charge on any atom is 0.339 e. The molecule has 0 aliphatic rings. The van der Waals surface area contributed by atoms with E-state index in [4.69, 9.17) is 5.11 Å². The first kappa shape index (κ1) is 13.8. The van der Waals surface area contributed by atoms with Gasteiger partial charge in [0, 0.05) is 13.5 Å². The molecule has 5 heteroatoms. The van der Waals surface area contributed by atoms with Gasteiger partial charge in [0.15, 0.2) is 0 Å². The van der Waals surface area contributed by atoms with Crippen molar-refractivity contribution in [2.45, 2.75) is 13.3 Å². The minimum atomic E-state index is -1.17. The molecule has 0 fully saturated rings. The summed E-state index contributed by atoms with van der Waals surface area (Å²) >= 11 is 0. The van der Waals surface area contributed by atoms with Crippen molar-refractivity contribution in [1.82, 2.24) is 5.32 Å². The number of benzene rings is 1. The van der Waals surface area contributed by atoms with Crippen molar-refractivity contribution in [3.05, 3.63) is 35.4 Å². The molecular formula is C13H15NO4. The second kappa shape index (κ2) is 6.44. The van der Waals surface area contributed by atoms with Gasteiger partial charge in [-0.3, -0.25) is 4.79 Å². The van der Waals surface area contributed by atoms with E-state index in [1.807, 2.05) is 6.08 Å². The Labute approximate surface area is 105 Å². The Balaban J connectivity index is 2.62. The number of carboxylic acids is 1. The topological polar surface area (TPSA) is 86.6 Å². The first-order valence-corrected chi connectivity index (χ1v) is 5.48. The Hall–Kier alpha value is -2.30. The molecule has 1 amide bonds. The maximum absolute atomic E-state index is 10.8. The van der Waals surface area contributed by atoms with Crippen LogP contribution >= 0.6 is 0 Å². The summed E-state index contributed by atoms with van der Waals surface area (Å²) in [6, 6.07) is 4.36. The van der Waals surface area contributed by atoms with Crippen molar-refractivity contribution < 1.29 is 19.8 Å². The van der Waals surface area contributed by atoms with Crippen molar-refractivity contribution >= 4 is 18.0 Å². The molecule has 18 heavy (non-hydrogen) atoms. The monoisotopic (exact) mass is 249 g/mol. The average molecular weight is 249 g/mol. The fraction of sp³-hybridized carbons (Fsp3) is 0.231. The van der Waals surface area contributed by atoms with Gasteiger partial charge in [-0.05, 0) is 24.1 Å². The van der Waals surface area contributed by atoms with E-state index >= 15 is 0 Å². The first-order valence-electron chi connectivity index (χ1n) is 5.48. The van der Waals surface area contributed by atoms with Gasteiger partial charge in [-0.2, -0.15) is 0 Å². The van der Waals surface area contributed by atoms with Crippen molar-refractivity contribution in [2.24, 2.45) is 0 Å². The minimum Gasteiger partial charge on any atom is -0.507 e. The van der Waals surface area contributed by atoms with E-state index in [1.165, 1.54) is 19.1 Å². The largest absolute Gasteiger partial charge is 0.507 e. The molecule has 0 saturated carbocycles. The molecule has 0 spiro atoms. The zero-order chi connectivity index (χ0) is 13.5. The number of rotatable bonds is 5. The number of amides is 1. The lowest BCUT2D eigenvalue weighted by Gasteiger charge is -2.01. The van der Waals surface area contributed by atoms with Crippen LogP contribution in [-0.2, 0) is 4.79 Å². The van der Waals surface area contributed by atoms with E-state index in [-0.39, 0.29) is 17.2 Å². The van der Waals surface area contributed by atoms with Crippen LogP contribution in [0.5, 0.6) is 5.75 Å². The van der Waals surface area contributed by atoms with Crippen LogP contribution in [-0.4, -0.2) is 28.6 Å². The molecule has 3 N–H and O–H groups in total. The van der Waals surface area contributed by atoms with Crippen molar-refractivity contribution in [1.29, 1.82) is 0 Å². The number of aromatic hydroxyl groups is 1. The summed E-state index contributed by atoms with van der Waals surface area (Å²) in [5, 5.41) is 20.8. The molecule has 1 rings (SSSR count). The molecule has 0 unspecified atom stereocenters.